The molecule has 0 radical (unpaired) electrons. The second kappa shape index (κ2) is 25.4. The first-order valence-electron chi connectivity index (χ1n) is 24.1. The Labute approximate surface area is 465 Å². The van der Waals surface area contributed by atoms with Crippen LogP contribution in [0.25, 0.3) is 0 Å². The topological polar surface area (TPSA) is 244 Å². The summed E-state index contributed by atoms with van der Waals surface area (Å²) >= 11 is 13.2. The van der Waals surface area contributed by atoms with Gasteiger partial charge < -0.3 is 35.4 Å². The summed E-state index contributed by atoms with van der Waals surface area (Å²) < 4.78 is 84.0. The van der Waals surface area contributed by atoms with Crippen LogP contribution in [0.1, 0.15) is 121 Å². The Morgan fingerprint density at radius 3 is 1.43 bits per heavy atom. The first-order chi connectivity index (χ1) is 37.2. The number of nitrogens with zero attached hydrogens (tertiary/aromatic N) is 11. The molecule has 2 aliphatic heterocycles. The van der Waals surface area contributed by atoms with Crippen molar-refractivity contribution in [3.05, 3.63) is 114 Å². The molecule has 20 nitrogen and oxygen atoms in total. The molecule has 0 aromatic carbocycles. The van der Waals surface area contributed by atoms with E-state index in [9.17, 15) is 50.3 Å². The van der Waals surface area contributed by atoms with Crippen molar-refractivity contribution in [3.63, 3.8) is 0 Å². The van der Waals surface area contributed by atoms with Crippen LogP contribution in [0.4, 0.5) is 54.4 Å². The number of ether oxygens (including phenoxy) is 1. The summed E-state index contributed by atoms with van der Waals surface area (Å²) in [7, 11) is 0. The summed E-state index contributed by atoms with van der Waals surface area (Å²) in [6.07, 6.45) is -2.69. The van der Waals surface area contributed by atoms with Gasteiger partial charge in [0.2, 0.25) is 0 Å². The number of halogens is 8. The first-order valence-corrected chi connectivity index (χ1v) is 26.5. The first kappa shape index (κ1) is 59.6. The standard InChI is InChI=1S/C27H29ClF3N7O4S.C22H21ClF3N7O2S/c1-15(24-33-13-20(43-24)23(40)36-21-10-16(27(29,30)31)17(28)12-32-21)9-19(39)18-11-22(35-14-34-18)37-5-7-38(8-6-37)25(41)42-26(2,3)4;1-12(6-16(34)15-8-19(31-11-30-15)33-4-2-27-3-5-33)21-29-10-17(36-21)20(35)32-18-7-13(22(24,25)26)14(23)9-28-18/h10-15H,5-9H2,1-4H3,(H,32,36,40);7-12,27H,2-6H2,1H3,(H,28,32,35). The summed E-state index contributed by atoms with van der Waals surface area (Å²) in [5.74, 6) is -1.85. The number of aromatic nitrogens is 8. The van der Waals surface area contributed by atoms with Crippen LogP contribution in [0, 0.1) is 0 Å². The van der Waals surface area contributed by atoms with E-state index in [1.54, 1.807) is 30.9 Å². The average molecular weight is 1180 g/mol. The van der Waals surface area contributed by atoms with Crippen LogP contribution in [0.15, 0.2) is 61.7 Å². The van der Waals surface area contributed by atoms with E-state index in [2.05, 4.69) is 60.7 Å². The lowest BCUT2D eigenvalue weighted by Gasteiger charge is -2.36. The molecule has 0 bridgehead atoms. The molecular weight excluding hydrogens is 1130 g/mol. The number of carbonyl (C=O) groups is 5. The number of nitrogens with one attached hydrogen (secondary N) is 3. The summed E-state index contributed by atoms with van der Waals surface area (Å²) in [6.45, 7) is 14.1. The van der Waals surface area contributed by atoms with Crippen LogP contribution in [0.3, 0.4) is 0 Å². The van der Waals surface area contributed by atoms with Gasteiger partial charge in [0, 0.05) is 102 Å². The third-order valence-electron chi connectivity index (χ3n) is 11.7. The number of rotatable bonds is 14. The molecule has 8 rings (SSSR count). The van der Waals surface area contributed by atoms with E-state index >= 15 is 0 Å². The van der Waals surface area contributed by atoms with Gasteiger partial charge in [0.15, 0.2) is 11.6 Å². The number of carbonyl (C=O) groups excluding carboxylic acids is 5. The van der Waals surface area contributed by atoms with E-state index in [0.717, 1.165) is 61.2 Å². The Morgan fingerprint density at radius 1 is 0.608 bits per heavy atom. The molecule has 2 fully saturated rings. The van der Waals surface area contributed by atoms with E-state index in [0.29, 0.717) is 65.7 Å². The molecule has 0 saturated carbocycles. The Balaban J connectivity index is 0.000000232. The normalized spacial score (nSPS) is 14.9. The number of anilines is 4. The minimum Gasteiger partial charge on any atom is -0.444 e. The number of alkyl halides is 6. The third kappa shape index (κ3) is 16.3. The molecule has 8 heterocycles. The molecule has 2 unspecified atom stereocenters. The molecule has 30 heteroatoms. The molecule has 3 amide bonds. The summed E-state index contributed by atoms with van der Waals surface area (Å²) in [4.78, 5) is 102. The number of pyridine rings is 2. The van der Waals surface area contributed by atoms with Crippen LogP contribution in [0.5, 0.6) is 0 Å². The molecule has 6 aromatic rings. The van der Waals surface area contributed by atoms with E-state index in [-0.39, 0.29) is 69.4 Å². The minimum absolute atomic E-state index is 0.0468. The quantitative estimate of drug-likeness (QED) is 0.0679. The fraction of sp³-hybridized carbons (Fsp3) is 0.408. The number of Topliss-reactive ketones (excluding diaryl/α,β-unsaturated/α-hetero) is 2. The SMILES string of the molecule is CC(CC(=O)c1cc(N2CCN(C(=O)OC(C)(C)C)CC2)ncn1)c1ncc(C(=O)Nc2cc(C(F)(F)F)c(Cl)cn2)s1.CC(CC(=O)c1cc(N2CCNCC2)ncn1)c1ncc(C(=O)Nc2cc(C(F)(F)F)c(Cl)cn2)s1. The fourth-order valence-corrected chi connectivity index (χ4v) is 9.82. The minimum atomic E-state index is -4.71. The van der Waals surface area contributed by atoms with Gasteiger partial charge in [-0.3, -0.25) is 19.2 Å². The maximum atomic E-state index is 13.1. The zero-order chi connectivity index (χ0) is 57.4. The van der Waals surface area contributed by atoms with Crippen molar-refractivity contribution < 1.29 is 55.1 Å². The van der Waals surface area contributed by atoms with Crippen molar-refractivity contribution in [1.82, 2.24) is 50.1 Å². The zero-order valence-corrected chi connectivity index (χ0v) is 45.9. The summed E-state index contributed by atoms with van der Waals surface area (Å²) in [5.41, 5.74) is -2.28. The molecular formula is C49H50Cl2F6N14O6S2. The van der Waals surface area contributed by atoms with E-state index in [1.165, 1.54) is 25.0 Å². The predicted molar refractivity (Wildman–Crippen MR) is 283 cm³/mol. The third-order valence-corrected chi connectivity index (χ3v) is 14.8. The van der Waals surface area contributed by atoms with Crippen LogP contribution in [-0.2, 0) is 17.1 Å². The van der Waals surface area contributed by atoms with Gasteiger partial charge in [0.25, 0.3) is 11.8 Å². The van der Waals surface area contributed by atoms with E-state index < -0.39 is 50.9 Å². The molecule has 2 atom stereocenters. The van der Waals surface area contributed by atoms with Crippen molar-refractivity contribution in [1.29, 1.82) is 0 Å². The Morgan fingerprint density at radius 2 is 1.03 bits per heavy atom. The fourth-order valence-electron chi connectivity index (χ4n) is 7.67. The van der Waals surface area contributed by atoms with Crippen molar-refractivity contribution in [2.75, 3.05) is 72.8 Å². The van der Waals surface area contributed by atoms with E-state index in [4.69, 9.17) is 27.9 Å². The van der Waals surface area contributed by atoms with Crippen LogP contribution >= 0.6 is 45.9 Å². The van der Waals surface area contributed by atoms with Crippen LogP contribution in [-0.4, -0.2) is 132 Å². The van der Waals surface area contributed by atoms with Gasteiger partial charge in [-0.05, 0) is 32.9 Å². The monoisotopic (exact) mass is 1180 g/mol. The number of hydrogen-bond acceptors (Lipinski definition) is 19. The molecule has 420 valence electrons. The molecule has 2 aliphatic rings. The second-order valence-corrected chi connectivity index (χ2v) is 21.8. The van der Waals surface area contributed by atoms with Gasteiger partial charge in [0.1, 0.15) is 62.7 Å². The number of ketones is 2. The second-order valence-electron chi connectivity index (χ2n) is 18.9. The highest BCUT2D eigenvalue weighted by Crippen LogP contribution is 2.37. The Bertz CT molecular complexity index is 3180. The lowest BCUT2D eigenvalue weighted by Crippen LogP contribution is -2.50. The number of piperazine rings is 2. The Kier molecular flexibility index (Phi) is 19.2. The van der Waals surface area contributed by atoms with Gasteiger partial charge in [-0.15, -0.1) is 22.7 Å². The van der Waals surface area contributed by atoms with Gasteiger partial charge in [0.05, 0.1) is 43.6 Å². The van der Waals surface area contributed by atoms with Gasteiger partial charge in [-0.1, -0.05) is 37.0 Å². The van der Waals surface area contributed by atoms with Crippen molar-refractivity contribution in [2.24, 2.45) is 0 Å². The van der Waals surface area contributed by atoms with Crippen LogP contribution in [0.2, 0.25) is 10.0 Å². The van der Waals surface area contributed by atoms with Gasteiger partial charge >= 0.3 is 18.4 Å². The highest BCUT2D eigenvalue weighted by molar-refractivity contribution is 7.14. The number of hydrogen-bond donors (Lipinski definition) is 3. The molecule has 0 aliphatic carbocycles. The molecule has 0 spiro atoms. The lowest BCUT2D eigenvalue weighted by atomic mass is 10.0. The van der Waals surface area contributed by atoms with Crippen molar-refractivity contribution >= 4 is 98.6 Å². The maximum absolute atomic E-state index is 13.1. The number of amides is 3. The van der Waals surface area contributed by atoms with Crippen molar-refractivity contribution in [2.45, 2.75) is 77.2 Å². The van der Waals surface area contributed by atoms with E-state index in [1.807, 2.05) is 25.7 Å². The molecule has 79 heavy (non-hydrogen) atoms. The van der Waals surface area contributed by atoms with Gasteiger partial charge in [-0.25, -0.2) is 44.7 Å². The highest BCUT2D eigenvalue weighted by atomic mass is 35.5. The molecule has 3 N–H and O–H groups in total. The molecule has 6 aromatic heterocycles. The summed E-state index contributed by atoms with van der Waals surface area (Å²) in [6, 6.07) is 4.60. The summed E-state index contributed by atoms with van der Waals surface area (Å²) in [5, 5.41) is 7.77. The zero-order valence-electron chi connectivity index (χ0n) is 42.7. The van der Waals surface area contributed by atoms with Gasteiger partial charge in [-0.2, -0.15) is 26.3 Å². The highest BCUT2D eigenvalue weighted by Gasteiger charge is 2.36. The molecule has 2 saturated heterocycles. The van der Waals surface area contributed by atoms with Crippen molar-refractivity contribution in [3.8, 4) is 0 Å². The smallest absolute Gasteiger partial charge is 0.418 e. The lowest BCUT2D eigenvalue weighted by molar-refractivity contribution is -0.138. The Hall–Kier alpha value is -7.01. The number of thiazole rings is 2. The average Bonchev–Trinajstić information content (AvgIpc) is 4.13. The van der Waals surface area contributed by atoms with Crippen LogP contribution < -0.4 is 25.8 Å². The largest absolute Gasteiger partial charge is 0.444 e. The maximum Gasteiger partial charge on any atom is 0.418 e. The predicted octanol–water partition coefficient (Wildman–Crippen LogP) is 9.72.